The highest BCUT2D eigenvalue weighted by molar-refractivity contribution is 7.99. The molecule has 0 amide bonds. The lowest BCUT2D eigenvalue weighted by Gasteiger charge is -2.12. The number of aliphatic hydroxyl groups excluding tert-OH is 1. The molecule has 2 unspecified atom stereocenters. The molecule has 0 saturated carbocycles. The third-order valence-corrected chi connectivity index (χ3v) is 3.13. The highest BCUT2D eigenvalue weighted by Gasteiger charge is 2.14. The minimum atomic E-state index is -0.563. The molecule has 0 bridgehead atoms. The van der Waals surface area contributed by atoms with E-state index in [4.69, 9.17) is 15.2 Å². The Labute approximate surface area is 107 Å². The summed E-state index contributed by atoms with van der Waals surface area (Å²) in [7, 11) is 0. The minimum absolute atomic E-state index is 0.354. The third kappa shape index (κ3) is 9.41. The molecule has 2 atom stereocenters. The second-order valence-electron chi connectivity index (χ2n) is 3.54. The standard InChI is InChI=1S/C11H23NO4S/c1-3-15-7-9(13)8-17-6-5-10(12)11(14)16-4-2/h9-10,13H,3-8,12H2,1-2H3. The van der Waals surface area contributed by atoms with Gasteiger partial charge in [0.15, 0.2) is 0 Å². The van der Waals surface area contributed by atoms with Crippen LogP contribution in [0.25, 0.3) is 0 Å². The summed E-state index contributed by atoms with van der Waals surface area (Å²) >= 11 is 1.56. The first-order valence-corrected chi connectivity index (χ1v) is 7.03. The number of rotatable bonds is 10. The van der Waals surface area contributed by atoms with Gasteiger partial charge in [0.05, 0.1) is 19.3 Å². The largest absolute Gasteiger partial charge is 0.465 e. The summed E-state index contributed by atoms with van der Waals surface area (Å²) in [6.07, 6.45) is 0.101. The molecule has 17 heavy (non-hydrogen) atoms. The first kappa shape index (κ1) is 16.7. The van der Waals surface area contributed by atoms with Crippen molar-refractivity contribution in [2.75, 3.05) is 31.3 Å². The van der Waals surface area contributed by atoms with E-state index in [0.29, 0.717) is 32.0 Å². The van der Waals surface area contributed by atoms with E-state index in [1.54, 1.807) is 18.7 Å². The SMILES string of the molecule is CCOCC(O)CSCCC(N)C(=O)OCC. The summed E-state index contributed by atoms with van der Waals surface area (Å²) in [4.78, 5) is 11.2. The number of ether oxygens (including phenoxy) is 2. The van der Waals surface area contributed by atoms with Crippen LogP contribution in [0.3, 0.4) is 0 Å². The Hall–Kier alpha value is -0.300. The third-order valence-electron chi connectivity index (χ3n) is 1.99. The van der Waals surface area contributed by atoms with E-state index in [2.05, 4.69) is 0 Å². The summed E-state index contributed by atoms with van der Waals surface area (Å²) in [5, 5.41) is 9.47. The number of hydrogen-bond acceptors (Lipinski definition) is 6. The van der Waals surface area contributed by atoms with Crippen LogP contribution in [0.1, 0.15) is 20.3 Å². The summed E-state index contributed by atoms with van der Waals surface area (Å²) in [6, 6.07) is -0.563. The maximum Gasteiger partial charge on any atom is 0.322 e. The molecule has 0 aliphatic rings. The number of carbonyl (C=O) groups is 1. The zero-order chi connectivity index (χ0) is 13.1. The molecule has 0 heterocycles. The Kier molecular flexibility index (Phi) is 10.6. The lowest BCUT2D eigenvalue weighted by atomic mass is 10.2. The van der Waals surface area contributed by atoms with Crippen LogP contribution < -0.4 is 5.73 Å². The fourth-order valence-corrected chi connectivity index (χ4v) is 2.05. The predicted octanol–water partition coefficient (Wildman–Crippen LogP) is 0.397. The van der Waals surface area contributed by atoms with Crippen molar-refractivity contribution in [1.82, 2.24) is 0 Å². The van der Waals surface area contributed by atoms with Gasteiger partial charge in [-0.15, -0.1) is 0 Å². The zero-order valence-corrected chi connectivity index (χ0v) is 11.4. The highest BCUT2D eigenvalue weighted by atomic mass is 32.2. The lowest BCUT2D eigenvalue weighted by Crippen LogP contribution is -2.33. The van der Waals surface area contributed by atoms with Crippen LogP contribution in [-0.4, -0.2) is 54.5 Å². The van der Waals surface area contributed by atoms with Gasteiger partial charge in [-0.2, -0.15) is 11.8 Å². The molecule has 0 rings (SSSR count). The summed E-state index contributed by atoms with van der Waals surface area (Å²) in [5.74, 6) is 0.960. The Bertz CT molecular complexity index is 204. The van der Waals surface area contributed by atoms with Crippen molar-refractivity contribution >= 4 is 17.7 Å². The van der Waals surface area contributed by atoms with Crippen LogP contribution in [-0.2, 0) is 14.3 Å². The molecule has 0 aromatic rings. The van der Waals surface area contributed by atoms with Crippen LogP contribution in [0.15, 0.2) is 0 Å². The van der Waals surface area contributed by atoms with Crippen molar-refractivity contribution in [2.45, 2.75) is 32.4 Å². The number of thioether (sulfide) groups is 1. The molecule has 0 fully saturated rings. The first-order chi connectivity index (χ1) is 8.11. The van der Waals surface area contributed by atoms with Crippen LogP contribution in [0.2, 0.25) is 0 Å². The van der Waals surface area contributed by atoms with Crippen molar-refractivity contribution < 1.29 is 19.4 Å². The summed E-state index contributed by atoms with van der Waals surface area (Å²) in [5.41, 5.74) is 5.63. The lowest BCUT2D eigenvalue weighted by molar-refractivity contribution is -0.144. The van der Waals surface area contributed by atoms with E-state index in [1.807, 2.05) is 6.92 Å². The fourth-order valence-electron chi connectivity index (χ4n) is 1.10. The van der Waals surface area contributed by atoms with Gasteiger partial charge in [0, 0.05) is 12.4 Å². The van der Waals surface area contributed by atoms with Crippen molar-refractivity contribution in [3.05, 3.63) is 0 Å². The van der Waals surface area contributed by atoms with Crippen molar-refractivity contribution in [3.8, 4) is 0 Å². The molecular weight excluding hydrogens is 242 g/mol. The van der Waals surface area contributed by atoms with Crippen molar-refractivity contribution in [1.29, 1.82) is 0 Å². The van der Waals surface area contributed by atoms with Gasteiger partial charge in [-0.25, -0.2) is 0 Å². The van der Waals surface area contributed by atoms with Gasteiger partial charge < -0.3 is 20.3 Å². The molecule has 5 nitrogen and oxygen atoms in total. The summed E-state index contributed by atoms with van der Waals surface area (Å²) < 4.78 is 9.87. The molecule has 3 N–H and O–H groups in total. The minimum Gasteiger partial charge on any atom is -0.465 e. The van der Waals surface area contributed by atoms with Crippen LogP contribution in [0.4, 0.5) is 0 Å². The van der Waals surface area contributed by atoms with Crippen molar-refractivity contribution in [2.24, 2.45) is 5.73 Å². The molecule has 0 spiro atoms. The number of hydrogen-bond donors (Lipinski definition) is 2. The smallest absolute Gasteiger partial charge is 0.322 e. The van der Waals surface area contributed by atoms with Gasteiger partial charge in [-0.1, -0.05) is 0 Å². The fraction of sp³-hybridized carbons (Fsp3) is 0.909. The predicted molar refractivity (Wildman–Crippen MR) is 69.1 cm³/mol. The number of nitrogens with two attached hydrogens (primary N) is 1. The Balaban J connectivity index is 3.46. The van der Waals surface area contributed by atoms with Gasteiger partial charge in [0.25, 0.3) is 0 Å². The van der Waals surface area contributed by atoms with Crippen LogP contribution in [0, 0.1) is 0 Å². The molecule has 0 aromatic heterocycles. The summed E-state index contributed by atoms with van der Waals surface area (Å²) in [6.45, 7) is 4.96. The van der Waals surface area contributed by atoms with Gasteiger partial charge in [-0.3, -0.25) is 4.79 Å². The first-order valence-electron chi connectivity index (χ1n) is 5.87. The second-order valence-corrected chi connectivity index (χ2v) is 4.69. The van der Waals surface area contributed by atoms with Gasteiger partial charge >= 0.3 is 5.97 Å². The monoisotopic (exact) mass is 265 g/mol. The number of aliphatic hydroxyl groups is 1. The maximum absolute atomic E-state index is 11.2. The molecule has 0 aliphatic carbocycles. The maximum atomic E-state index is 11.2. The van der Waals surface area contributed by atoms with Gasteiger partial charge in [0.1, 0.15) is 6.04 Å². The molecular formula is C11H23NO4S. The topological polar surface area (TPSA) is 81.8 Å². The van der Waals surface area contributed by atoms with E-state index in [1.165, 1.54) is 0 Å². The van der Waals surface area contributed by atoms with Crippen LogP contribution in [0.5, 0.6) is 0 Å². The Morgan fingerprint density at radius 2 is 2.12 bits per heavy atom. The Morgan fingerprint density at radius 1 is 1.41 bits per heavy atom. The average Bonchev–Trinajstić information content (AvgIpc) is 2.32. The van der Waals surface area contributed by atoms with Crippen LogP contribution >= 0.6 is 11.8 Å². The molecule has 0 saturated heterocycles. The van der Waals surface area contributed by atoms with E-state index in [-0.39, 0.29) is 5.97 Å². The Morgan fingerprint density at radius 3 is 2.71 bits per heavy atom. The number of esters is 1. The van der Waals surface area contributed by atoms with Gasteiger partial charge in [0.2, 0.25) is 0 Å². The molecule has 0 aliphatic heterocycles. The quantitative estimate of drug-likeness (QED) is 0.439. The molecule has 0 radical (unpaired) electrons. The zero-order valence-electron chi connectivity index (χ0n) is 10.6. The second kappa shape index (κ2) is 10.8. The average molecular weight is 265 g/mol. The molecule has 6 heteroatoms. The molecule has 0 aromatic carbocycles. The highest BCUT2D eigenvalue weighted by Crippen LogP contribution is 2.07. The number of carbonyl (C=O) groups excluding carboxylic acids is 1. The molecule has 102 valence electrons. The van der Waals surface area contributed by atoms with E-state index in [9.17, 15) is 9.90 Å². The van der Waals surface area contributed by atoms with E-state index < -0.39 is 12.1 Å². The van der Waals surface area contributed by atoms with Gasteiger partial charge in [-0.05, 0) is 26.0 Å². The van der Waals surface area contributed by atoms with Crippen molar-refractivity contribution in [3.63, 3.8) is 0 Å². The van der Waals surface area contributed by atoms with E-state index >= 15 is 0 Å². The van der Waals surface area contributed by atoms with E-state index in [0.717, 1.165) is 5.75 Å². The normalized spacial score (nSPS) is 14.4.